The first-order valence-electron chi connectivity index (χ1n) is 8.83. The van der Waals surface area contributed by atoms with Crippen LogP contribution in [0.3, 0.4) is 0 Å². The first kappa shape index (κ1) is 23.8. The van der Waals surface area contributed by atoms with Gasteiger partial charge in [-0.2, -0.15) is 5.10 Å². The molecule has 0 saturated carbocycles. The molecule has 1 heterocycles. The van der Waals surface area contributed by atoms with Crippen LogP contribution in [-0.4, -0.2) is 37.9 Å². The van der Waals surface area contributed by atoms with Crippen LogP contribution in [0.15, 0.2) is 52.0 Å². The fourth-order valence-corrected chi connectivity index (χ4v) is 4.88. The monoisotopic (exact) mass is 532 g/mol. The van der Waals surface area contributed by atoms with E-state index in [1.807, 2.05) is 0 Å². The highest BCUT2D eigenvalue weighted by Crippen LogP contribution is 2.35. The number of sulfonamides is 1. The number of amides is 1. The van der Waals surface area contributed by atoms with Gasteiger partial charge in [0.05, 0.1) is 10.2 Å². The lowest BCUT2D eigenvalue weighted by atomic mass is 10.1. The molecule has 2 N–H and O–H groups in total. The molecule has 0 radical (unpaired) electrons. The SMILES string of the molecule is COCN(c1cccc(-c2nn(CC(N)=O)cc2Br)c1F)S(=O)(=O)c1cc(F)ccc1F. The number of methoxy groups -OCH3 is 1. The quantitative estimate of drug-likeness (QED) is 0.448. The summed E-state index contributed by atoms with van der Waals surface area (Å²) in [4.78, 5) is 10.2. The van der Waals surface area contributed by atoms with Gasteiger partial charge in [-0.1, -0.05) is 6.07 Å². The number of aromatic nitrogens is 2. The Bertz CT molecular complexity index is 1280. The second kappa shape index (κ2) is 9.30. The molecule has 0 aliphatic carbocycles. The van der Waals surface area contributed by atoms with E-state index in [0.717, 1.165) is 19.2 Å². The second-order valence-electron chi connectivity index (χ2n) is 6.47. The number of hydrogen-bond acceptors (Lipinski definition) is 5. The molecule has 13 heteroatoms. The van der Waals surface area contributed by atoms with E-state index in [9.17, 15) is 22.0 Å². The molecule has 3 rings (SSSR count). The third-order valence-corrected chi connectivity index (χ3v) is 6.58. The molecule has 2 aromatic carbocycles. The number of primary amides is 1. The van der Waals surface area contributed by atoms with E-state index in [1.165, 1.54) is 23.0 Å². The number of nitrogens with zero attached hydrogens (tertiary/aromatic N) is 3. The smallest absolute Gasteiger partial charge is 0.269 e. The van der Waals surface area contributed by atoms with Gasteiger partial charge >= 0.3 is 0 Å². The summed E-state index contributed by atoms with van der Waals surface area (Å²) in [5.41, 5.74) is 4.61. The Morgan fingerprint density at radius 3 is 2.62 bits per heavy atom. The van der Waals surface area contributed by atoms with Gasteiger partial charge in [-0.05, 0) is 46.3 Å². The van der Waals surface area contributed by atoms with Gasteiger partial charge in [0.2, 0.25) is 5.91 Å². The molecule has 0 aliphatic rings. The number of benzene rings is 2. The summed E-state index contributed by atoms with van der Waals surface area (Å²) in [6.45, 7) is -0.946. The molecule has 8 nitrogen and oxygen atoms in total. The summed E-state index contributed by atoms with van der Waals surface area (Å²) >= 11 is 3.21. The Morgan fingerprint density at radius 2 is 1.97 bits per heavy atom. The molecule has 3 aromatic rings. The van der Waals surface area contributed by atoms with Crippen LogP contribution in [0.1, 0.15) is 0 Å². The van der Waals surface area contributed by atoms with Crippen molar-refractivity contribution in [3.63, 3.8) is 0 Å². The van der Waals surface area contributed by atoms with Crippen molar-refractivity contribution in [1.29, 1.82) is 0 Å². The summed E-state index contributed by atoms with van der Waals surface area (Å²) in [6.07, 6.45) is 1.40. The fraction of sp³-hybridized carbons (Fsp3) is 0.158. The average Bonchev–Trinajstić information content (AvgIpc) is 3.07. The van der Waals surface area contributed by atoms with E-state index in [1.54, 1.807) is 0 Å². The van der Waals surface area contributed by atoms with Gasteiger partial charge in [0, 0.05) is 18.9 Å². The summed E-state index contributed by atoms with van der Waals surface area (Å²) < 4.78 is 76.4. The van der Waals surface area contributed by atoms with Gasteiger partial charge < -0.3 is 10.5 Å². The van der Waals surface area contributed by atoms with Crippen molar-refractivity contribution >= 4 is 37.5 Å². The van der Waals surface area contributed by atoms with Crippen LogP contribution in [0.2, 0.25) is 0 Å². The third kappa shape index (κ3) is 4.64. The predicted molar refractivity (Wildman–Crippen MR) is 112 cm³/mol. The van der Waals surface area contributed by atoms with Crippen molar-refractivity contribution in [1.82, 2.24) is 9.78 Å². The summed E-state index contributed by atoms with van der Waals surface area (Å²) in [5, 5.41) is 4.09. The standard InChI is InChI=1S/C19H16BrF3N4O4S/c1-31-10-27(32(29,30)16-7-11(21)5-6-14(16)22)15-4-2-3-12(18(15)23)19-13(20)8-26(25-19)9-17(24)28/h2-8H,9-10H2,1H3,(H2,24,28). The zero-order valence-corrected chi connectivity index (χ0v) is 18.8. The highest BCUT2D eigenvalue weighted by Gasteiger charge is 2.31. The largest absolute Gasteiger partial charge is 0.368 e. The fourth-order valence-electron chi connectivity index (χ4n) is 2.89. The number of nitrogens with two attached hydrogens (primary N) is 1. The lowest BCUT2D eigenvalue weighted by Crippen LogP contribution is -2.34. The molecule has 0 unspecified atom stereocenters. The predicted octanol–water partition coefficient (Wildman–Crippen LogP) is 3.01. The molecule has 0 saturated heterocycles. The Hall–Kier alpha value is -2.90. The van der Waals surface area contributed by atoms with Gasteiger partial charge in [-0.15, -0.1) is 0 Å². The van der Waals surface area contributed by atoms with Crippen molar-refractivity contribution in [2.24, 2.45) is 5.73 Å². The molecular weight excluding hydrogens is 517 g/mol. The number of ether oxygens (including phenoxy) is 1. The Morgan fingerprint density at radius 1 is 1.25 bits per heavy atom. The zero-order chi connectivity index (χ0) is 23.6. The van der Waals surface area contributed by atoms with Gasteiger partial charge in [0.15, 0.2) is 5.82 Å². The molecule has 1 amide bonds. The normalized spacial score (nSPS) is 11.5. The number of hydrogen-bond donors (Lipinski definition) is 1. The van der Waals surface area contributed by atoms with E-state index >= 15 is 4.39 Å². The third-order valence-electron chi connectivity index (χ3n) is 4.24. The van der Waals surface area contributed by atoms with Crippen LogP contribution in [0, 0.1) is 17.5 Å². The maximum Gasteiger partial charge on any atom is 0.269 e. The molecule has 32 heavy (non-hydrogen) atoms. The van der Waals surface area contributed by atoms with E-state index in [4.69, 9.17) is 10.5 Å². The molecule has 0 atom stereocenters. The van der Waals surface area contributed by atoms with Crippen LogP contribution in [0.5, 0.6) is 0 Å². The average molecular weight is 533 g/mol. The Kier molecular flexibility index (Phi) is 6.91. The lowest BCUT2D eigenvalue weighted by Gasteiger charge is -2.24. The van der Waals surface area contributed by atoms with Gasteiger partial charge in [-0.3, -0.25) is 9.48 Å². The topological polar surface area (TPSA) is 108 Å². The first-order valence-corrected chi connectivity index (χ1v) is 11.1. The van der Waals surface area contributed by atoms with Crippen molar-refractivity contribution in [3.8, 4) is 11.3 Å². The number of anilines is 1. The second-order valence-corrected chi connectivity index (χ2v) is 9.16. The van der Waals surface area contributed by atoms with Crippen LogP contribution in [0.4, 0.5) is 18.9 Å². The number of rotatable bonds is 8. The van der Waals surface area contributed by atoms with Crippen LogP contribution >= 0.6 is 15.9 Å². The van der Waals surface area contributed by atoms with Crippen molar-refractivity contribution in [3.05, 3.63) is 64.5 Å². The van der Waals surface area contributed by atoms with Gasteiger partial charge in [-0.25, -0.2) is 25.9 Å². The maximum atomic E-state index is 15.5. The molecular formula is C19H16BrF3N4O4S. The minimum Gasteiger partial charge on any atom is -0.368 e. The van der Waals surface area contributed by atoms with Crippen molar-refractivity contribution in [2.45, 2.75) is 11.4 Å². The Labute approximate surface area is 189 Å². The number of halogens is 4. The summed E-state index contributed by atoms with van der Waals surface area (Å²) in [5.74, 6) is -3.89. The first-order chi connectivity index (χ1) is 15.1. The summed E-state index contributed by atoms with van der Waals surface area (Å²) in [7, 11) is -3.60. The van der Waals surface area contributed by atoms with Crippen molar-refractivity contribution < 1.29 is 31.1 Å². The van der Waals surface area contributed by atoms with E-state index in [2.05, 4.69) is 21.0 Å². The van der Waals surface area contributed by atoms with Gasteiger partial charge in [0.25, 0.3) is 10.0 Å². The van der Waals surface area contributed by atoms with Crippen LogP contribution < -0.4 is 10.0 Å². The summed E-state index contributed by atoms with van der Waals surface area (Å²) in [6, 6.07) is 5.74. The van der Waals surface area contributed by atoms with E-state index < -0.39 is 50.7 Å². The van der Waals surface area contributed by atoms with Gasteiger partial charge in [0.1, 0.15) is 35.5 Å². The molecule has 1 aromatic heterocycles. The highest BCUT2D eigenvalue weighted by molar-refractivity contribution is 9.10. The van der Waals surface area contributed by atoms with Crippen LogP contribution in [0.25, 0.3) is 11.3 Å². The maximum absolute atomic E-state index is 15.5. The Balaban J connectivity index is 2.15. The minimum absolute atomic E-state index is 0.0669. The van der Waals surface area contributed by atoms with Crippen LogP contribution in [-0.2, 0) is 26.1 Å². The van der Waals surface area contributed by atoms with Crippen molar-refractivity contribution in [2.75, 3.05) is 18.1 Å². The molecule has 0 spiro atoms. The number of carbonyl (C=O) groups is 1. The van der Waals surface area contributed by atoms with E-state index in [-0.39, 0.29) is 17.8 Å². The van der Waals surface area contributed by atoms with E-state index in [0.29, 0.717) is 20.9 Å². The minimum atomic E-state index is -4.76. The molecule has 0 bridgehead atoms. The lowest BCUT2D eigenvalue weighted by molar-refractivity contribution is -0.118. The number of carbonyl (C=O) groups excluding carboxylic acids is 1. The molecule has 170 valence electrons. The molecule has 0 aliphatic heterocycles. The highest BCUT2D eigenvalue weighted by atomic mass is 79.9. The zero-order valence-electron chi connectivity index (χ0n) is 16.4. The molecule has 0 fully saturated rings.